The molecule has 0 aromatic rings. The lowest BCUT2D eigenvalue weighted by molar-refractivity contribution is -0.137. The minimum atomic E-state index is -0.679. The molecule has 110 valence electrons. The number of aliphatic carboxylic acids is 1. The van der Waals surface area contributed by atoms with Crippen molar-refractivity contribution in [2.75, 3.05) is 0 Å². The van der Waals surface area contributed by atoms with Crippen molar-refractivity contribution in [1.29, 1.82) is 0 Å². The number of unbranched alkanes of at least 4 members (excludes halogenated alkanes) is 7. The summed E-state index contributed by atoms with van der Waals surface area (Å²) < 4.78 is 0. The SMILES string of the molecule is O=C(O)CCCCCCCCCCC1CCCC1=O. The number of carboxylic acids is 1. The van der Waals surface area contributed by atoms with E-state index in [4.69, 9.17) is 5.11 Å². The van der Waals surface area contributed by atoms with Crippen molar-refractivity contribution in [3.05, 3.63) is 0 Å². The van der Waals surface area contributed by atoms with Gasteiger partial charge in [0.15, 0.2) is 0 Å². The molecule has 0 aliphatic heterocycles. The predicted molar refractivity (Wildman–Crippen MR) is 76.2 cm³/mol. The first-order valence-electron chi connectivity index (χ1n) is 7.94. The minimum absolute atomic E-state index is 0.315. The maximum Gasteiger partial charge on any atom is 0.303 e. The molecule has 1 aliphatic carbocycles. The third-order valence-corrected chi connectivity index (χ3v) is 4.12. The van der Waals surface area contributed by atoms with Gasteiger partial charge in [-0.3, -0.25) is 9.59 Å². The molecule has 0 spiro atoms. The van der Waals surface area contributed by atoms with Gasteiger partial charge in [-0.05, 0) is 25.7 Å². The fourth-order valence-corrected chi connectivity index (χ4v) is 2.92. The zero-order chi connectivity index (χ0) is 13.9. The molecular formula is C16H28O3. The quantitative estimate of drug-likeness (QED) is 0.567. The molecule has 0 heterocycles. The van der Waals surface area contributed by atoms with Gasteiger partial charge in [0.2, 0.25) is 0 Å². The van der Waals surface area contributed by atoms with E-state index in [1.54, 1.807) is 0 Å². The monoisotopic (exact) mass is 268 g/mol. The van der Waals surface area contributed by atoms with E-state index in [-0.39, 0.29) is 0 Å². The first kappa shape index (κ1) is 16.2. The molecule has 1 fully saturated rings. The van der Waals surface area contributed by atoms with E-state index in [0.29, 0.717) is 18.1 Å². The van der Waals surface area contributed by atoms with Crippen molar-refractivity contribution in [3.8, 4) is 0 Å². The Bertz CT molecular complexity index is 273. The second kappa shape index (κ2) is 9.99. The third-order valence-electron chi connectivity index (χ3n) is 4.12. The molecule has 0 saturated heterocycles. The van der Waals surface area contributed by atoms with Crippen LogP contribution >= 0.6 is 0 Å². The van der Waals surface area contributed by atoms with Crippen molar-refractivity contribution < 1.29 is 14.7 Å². The highest BCUT2D eigenvalue weighted by Crippen LogP contribution is 2.26. The van der Waals surface area contributed by atoms with Crippen LogP contribution < -0.4 is 0 Å². The Hall–Kier alpha value is -0.860. The summed E-state index contributed by atoms with van der Waals surface area (Å²) in [4.78, 5) is 21.8. The third kappa shape index (κ3) is 8.02. The molecule has 3 nitrogen and oxygen atoms in total. The molecular weight excluding hydrogens is 240 g/mol. The van der Waals surface area contributed by atoms with Gasteiger partial charge in [-0.2, -0.15) is 0 Å². The Kier molecular flexibility index (Phi) is 8.52. The van der Waals surface area contributed by atoms with Crippen LogP contribution in [-0.4, -0.2) is 16.9 Å². The summed E-state index contributed by atoms with van der Waals surface area (Å²) in [5.41, 5.74) is 0. The lowest BCUT2D eigenvalue weighted by Gasteiger charge is -2.07. The largest absolute Gasteiger partial charge is 0.481 e. The molecule has 1 aliphatic rings. The zero-order valence-electron chi connectivity index (χ0n) is 12.0. The zero-order valence-corrected chi connectivity index (χ0v) is 12.0. The molecule has 1 saturated carbocycles. The number of ketones is 1. The second-order valence-electron chi connectivity index (χ2n) is 5.82. The Morgan fingerprint density at radius 3 is 2.11 bits per heavy atom. The molecule has 1 rings (SSSR count). The van der Waals surface area contributed by atoms with Crippen molar-refractivity contribution in [2.45, 2.75) is 83.5 Å². The molecule has 0 radical (unpaired) electrons. The average Bonchev–Trinajstić information content (AvgIpc) is 2.77. The predicted octanol–water partition coefficient (Wildman–Crippen LogP) is 4.34. The average molecular weight is 268 g/mol. The highest BCUT2D eigenvalue weighted by Gasteiger charge is 2.23. The minimum Gasteiger partial charge on any atom is -0.481 e. The van der Waals surface area contributed by atoms with E-state index in [2.05, 4.69) is 0 Å². The maximum absolute atomic E-state index is 11.4. The number of hydrogen-bond acceptors (Lipinski definition) is 2. The normalized spacial score (nSPS) is 18.9. The van der Waals surface area contributed by atoms with Crippen molar-refractivity contribution >= 4 is 11.8 Å². The van der Waals surface area contributed by atoms with Gasteiger partial charge in [0.05, 0.1) is 0 Å². The Morgan fingerprint density at radius 2 is 1.58 bits per heavy atom. The van der Waals surface area contributed by atoms with Crippen LogP contribution in [-0.2, 0) is 9.59 Å². The van der Waals surface area contributed by atoms with Crippen LogP contribution in [0.3, 0.4) is 0 Å². The molecule has 3 heteroatoms. The molecule has 0 bridgehead atoms. The number of hydrogen-bond donors (Lipinski definition) is 1. The van der Waals surface area contributed by atoms with Crippen LogP contribution in [0.4, 0.5) is 0 Å². The molecule has 1 atom stereocenters. The van der Waals surface area contributed by atoms with Crippen LogP contribution in [0.1, 0.15) is 83.5 Å². The van der Waals surface area contributed by atoms with Crippen molar-refractivity contribution in [3.63, 3.8) is 0 Å². The molecule has 0 amide bonds. The van der Waals surface area contributed by atoms with Crippen LogP contribution in [0.25, 0.3) is 0 Å². The molecule has 0 aromatic heterocycles. The van der Waals surface area contributed by atoms with Crippen molar-refractivity contribution in [1.82, 2.24) is 0 Å². The molecule has 19 heavy (non-hydrogen) atoms. The Morgan fingerprint density at radius 1 is 1.00 bits per heavy atom. The molecule has 0 aromatic carbocycles. The van der Waals surface area contributed by atoms with E-state index in [9.17, 15) is 9.59 Å². The summed E-state index contributed by atoms with van der Waals surface area (Å²) in [6.07, 6.45) is 13.7. The van der Waals surface area contributed by atoms with Crippen LogP contribution in [0.2, 0.25) is 0 Å². The number of rotatable bonds is 11. The van der Waals surface area contributed by atoms with Crippen LogP contribution in [0, 0.1) is 5.92 Å². The summed E-state index contributed by atoms with van der Waals surface area (Å²) >= 11 is 0. The van der Waals surface area contributed by atoms with Crippen LogP contribution in [0.15, 0.2) is 0 Å². The van der Waals surface area contributed by atoms with Gasteiger partial charge in [0.25, 0.3) is 0 Å². The maximum atomic E-state index is 11.4. The lowest BCUT2D eigenvalue weighted by Crippen LogP contribution is -2.05. The number of carboxylic acid groups (broad SMARTS) is 1. The first-order valence-corrected chi connectivity index (χ1v) is 7.94. The van der Waals surface area contributed by atoms with Gasteiger partial charge in [-0.15, -0.1) is 0 Å². The van der Waals surface area contributed by atoms with Gasteiger partial charge in [-0.1, -0.05) is 44.9 Å². The lowest BCUT2D eigenvalue weighted by atomic mass is 9.98. The van der Waals surface area contributed by atoms with Gasteiger partial charge in [0.1, 0.15) is 5.78 Å². The van der Waals surface area contributed by atoms with E-state index in [0.717, 1.165) is 44.9 Å². The summed E-state index contributed by atoms with van der Waals surface area (Å²) in [6.45, 7) is 0. The molecule has 1 unspecified atom stereocenters. The van der Waals surface area contributed by atoms with E-state index in [1.807, 2.05) is 0 Å². The van der Waals surface area contributed by atoms with E-state index in [1.165, 1.54) is 32.1 Å². The van der Waals surface area contributed by atoms with Gasteiger partial charge in [-0.25, -0.2) is 0 Å². The van der Waals surface area contributed by atoms with E-state index < -0.39 is 5.97 Å². The summed E-state index contributed by atoms with van der Waals surface area (Å²) in [5.74, 6) is 0.205. The number of Topliss-reactive ketones (excluding diaryl/α,β-unsaturated/α-hetero) is 1. The fraction of sp³-hybridized carbons (Fsp3) is 0.875. The van der Waals surface area contributed by atoms with Gasteiger partial charge in [0, 0.05) is 18.8 Å². The van der Waals surface area contributed by atoms with E-state index >= 15 is 0 Å². The number of carbonyl (C=O) groups is 2. The van der Waals surface area contributed by atoms with Crippen LogP contribution in [0.5, 0.6) is 0 Å². The summed E-state index contributed by atoms with van der Waals surface area (Å²) in [5, 5.41) is 8.50. The molecule has 1 N–H and O–H groups in total. The Balaban J connectivity index is 1.78. The first-order chi connectivity index (χ1) is 9.20. The van der Waals surface area contributed by atoms with Gasteiger partial charge >= 0.3 is 5.97 Å². The topological polar surface area (TPSA) is 54.4 Å². The van der Waals surface area contributed by atoms with Gasteiger partial charge < -0.3 is 5.11 Å². The fourth-order valence-electron chi connectivity index (χ4n) is 2.92. The van der Waals surface area contributed by atoms with Crippen molar-refractivity contribution in [2.24, 2.45) is 5.92 Å². The standard InChI is InChI=1S/C16H28O3/c17-15-12-9-11-14(15)10-7-5-3-1-2-4-6-8-13-16(18)19/h14H,1-13H2,(H,18,19). The highest BCUT2D eigenvalue weighted by atomic mass is 16.4. The summed E-state index contributed by atoms with van der Waals surface area (Å²) in [7, 11) is 0. The highest BCUT2D eigenvalue weighted by molar-refractivity contribution is 5.82. The smallest absolute Gasteiger partial charge is 0.303 e. The summed E-state index contributed by atoms with van der Waals surface area (Å²) in [6, 6.07) is 0. The Labute approximate surface area is 116 Å². The second-order valence-corrected chi connectivity index (χ2v) is 5.82. The number of carbonyl (C=O) groups excluding carboxylic acids is 1.